The van der Waals surface area contributed by atoms with E-state index in [0.29, 0.717) is 25.3 Å². The molecule has 19 heavy (non-hydrogen) atoms. The second kappa shape index (κ2) is 8.10. The Kier molecular flexibility index (Phi) is 6.38. The Labute approximate surface area is 111 Å². The molecule has 6 heteroatoms. The van der Waals surface area contributed by atoms with E-state index in [1.807, 2.05) is 12.1 Å². The van der Waals surface area contributed by atoms with Crippen molar-refractivity contribution in [1.29, 1.82) is 0 Å². The van der Waals surface area contributed by atoms with E-state index >= 15 is 0 Å². The monoisotopic (exact) mass is 266 g/mol. The molecule has 0 heterocycles. The van der Waals surface area contributed by atoms with E-state index in [0.717, 1.165) is 5.56 Å². The Balaban J connectivity index is 2.24. The fraction of sp³-hybridized carbons (Fsp3) is 0.385. The molecule has 4 N–H and O–H groups in total. The van der Waals surface area contributed by atoms with E-state index in [-0.39, 0.29) is 18.9 Å². The Morgan fingerprint density at radius 3 is 2.84 bits per heavy atom. The van der Waals surface area contributed by atoms with Crippen LogP contribution in [0, 0.1) is 0 Å². The average molecular weight is 266 g/mol. The Hall–Kier alpha value is -2.08. The second-order valence-electron chi connectivity index (χ2n) is 3.99. The predicted octanol–water partition coefficient (Wildman–Crippen LogP) is 0.505. The topological polar surface area (TPSA) is 102 Å². The lowest BCUT2D eigenvalue weighted by atomic mass is 10.2. The number of rotatable bonds is 8. The fourth-order valence-corrected chi connectivity index (χ4v) is 1.43. The third-order valence-electron chi connectivity index (χ3n) is 2.39. The van der Waals surface area contributed by atoms with E-state index in [2.05, 4.69) is 5.32 Å². The molecule has 0 radical (unpaired) electrons. The summed E-state index contributed by atoms with van der Waals surface area (Å²) in [7, 11) is 0. The van der Waals surface area contributed by atoms with E-state index in [4.69, 9.17) is 15.6 Å². The average Bonchev–Trinajstić information content (AvgIpc) is 2.41. The molecule has 0 aliphatic heterocycles. The van der Waals surface area contributed by atoms with Crippen molar-refractivity contribution in [3.8, 4) is 5.75 Å². The highest BCUT2D eigenvalue weighted by atomic mass is 16.5. The molecule has 1 rings (SSSR count). The number of amides is 1. The number of carbonyl (C=O) groups excluding carboxylic acids is 1. The third kappa shape index (κ3) is 6.42. The van der Waals surface area contributed by atoms with Gasteiger partial charge in [-0.25, -0.2) is 0 Å². The highest BCUT2D eigenvalue weighted by molar-refractivity contribution is 5.77. The molecular weight excluding hydrogens is 248 g/mol. The molecule has 6 nitrogen and oxygen atoms in total. The normalized spacial score (nSPS) is 9.95. The first-order valence-corrected chi connectivity index (χ1v) is 6.02. The van der Waals surface area contributed by atoms with Gasteiger partial charge in [0, 0.05) is 19.5 Å². The summed E-state index contributed by atoms with van der Waals surface area (Å²) in [5, 5.41) is 11.0. The summed E-state index contributed by atoms with van der Waals surface area (Å²) in [5.74, 6) is -0.559. The van der Waals surface area contributed by atoms with Gasteiger partial charge in [0.25, 0.3) is 5.91 Å². The molecule has 0 saturated carbocycles. The maximum Gasteiger partial charge on any atom is 0.303 e. The quantitative estimate of drug-likeness (QED) is 0.595. The van der Waals surface area contributed by atoms with Crippen molar-refractivity contribution in [1.82, 2.24) is 5.32 Å². The van der Waals surface area contributed by atoms with Crippen LogP contribution in [-0.2, 0) is 16.1 Å². The lowest BCUT2D eigenvalue weighted by Gasteiger charge is -2.08. The minimum absolute atomic E-state index is 0.0414. The summed E-state index contributed by atoms with van der Waals surface area (Å²) in [6.07, 6.45) is 0.448. The summed E-state index contributed by atoms with van der Waals surface area (Å²) in [4.78, 5) is 21.7. The van der Waals surface area contributed by atoms with Crippen LogP contribution >= 0.6 is 0 Å². The summed E-state index contributed by atoms with van der Waals surface area (Å²) in [6.45, 7) is 0.650. The van der Waals surface area contributed by atoms with Crippen molar-refractivity contribution in [2.24, 2.45) is 5.73 Å². The Bertz CT molecular complexity index is 434. The van der Waals surface area contributed by atoms with Crippen LogP contribution in [0.4, 0.5) is 0 Å². The van der Waals surface area contributed by atoms with Crippen molar-refractivity contribution in [3.63, 3.8) is 0 Å². The lowest BCUT2D eigenvalue weighted by molar-refractivity contribution is -0.137. The van der Waals surface area contributed by atoms with Gasteiger partial charge < -0.3 is 20.9 Å². The number of carboxylic acid groups (broad SMARTS) is 1. The predicted molar refractivity (Wildman–Crippen MR) is 69.7 cm³/mol. The number of nitrogens with two attached hydrogens (primary N) is 1. The molecule has 0 bridgehead atoms. The number of aliphatic carboxylic acids is 1. The van der Waals surface area contributed by atoms with Gasteiger partial charge in [0.1, 0.15) is 5.75 Å². The van der Waals surface area contributed by atoms with Gasteiger partial charge in [-0.15, -0.1) is 0 Å². The zero-order valence-electron chi connectivity index (χ0n) is 10.6. The molecule has 1 amide bonds. The highest BCUT2D eigenvalue weighted by Gasteiger charge is 2.03. The van der Waals surface area contributed by atoms with Crippen molar-refractivity contribution in [3.05, 3.63) is 29.8 Å². The van der Waals surface area contributed by atoms with Crippen LogP contribution in [0.1, 0.15) is 18.4 Å². The molecule has 1 aromatic carbocycles. The van der Waals surface area contributed by atoms with Crippen LogP contribution in [0.15, 0.2) is 24.3 Å². The van der Waals surface area contributed by atoms with E-state index in [9.17, 15) is 9.59 Å². The smallest absolute Gasteiger partial charge is 0.303 e. The molecule has 0 spiro atoms. The number of hydrogen-bond acceptors (Lipinski definition) is 4. The SMILES string of the molecule is NCc1cccc(OCC(=O)NCCCC(=O)O)c1. The first-order valence-electron chi connectivity index (χ1n) is 6.02. The fourth-order valence-electron chi connectivity index (χ4n) is 1.43. The first-order chi connectivity index (χ1) is 9.11. The maximum atomic E-state index is 11.4. The highest BCUT2D eigenvalue weighted by Crippen LogP contribution is 2.12. The number of carboxylic acids is 1. The minimum atomic E-state index is -0.871. The van der Waals surface area contributed by atoms with Crippen molar-refractivity contribution >= 4 is 11.9 Å². The number of carbonyl (C=O) groups is 2. The molecule has 0 unspecified atom stereocenters. The summed E-state index contributed by atoms with van der Waals surface area (Å²) in [5.41, 5.74) is 6.43. The van der Waals surface area contributed by atoms with Gasteiger partial charge >= 0.3 is 5.97 Å². The molecule has 0 aromatic heterocycles. The van der Waals surface area contributed by atoms with Crippen LogP contribution in [0.5, 0.6) is 5.75 Å². The van der Waals surface area contributed by atoms with E-state index < -0.39 is 5.97 Å². The molecule has 0 fully saturated rings. The maximum absolute atomic E-state index is 11.4. The largest absolute Gasteiger partial charge is 0.484 e. The van der Waals surface area contributed by atoms with Gasteiger partial charge in [-0.2, -0.15) is 0 Å². The molecule has 0 aliphatic carbocycles. The summed E-state index contributed by atoms with van der Waals surface area (Å²) >= 11 is 0. The van der Waals surface area contributed by atoms with Crippen molar-refractivity contribution in [2.75, 3.05) is 13.2 Å². The number of ether oxygens (including phenoxy) is 1. The molecule has 104 valence electrons. The van der Waals surface area contributed by atoms with Gasteiger partial charge in [0.2, 0.25) is 0 Å². The molecule has 0 saturated heterocycles. The van der Waals surface area contributed by atoms with E-state index in [1.165, 1.54) is 0 Å². The minimum Gasteiger partial charge on any atom is -0.484 e. The van der Waals surface area contributed by atoms with Crippen LogP contribution in [0.3, 0.4) is 0 Å². The summed E-state index contributed by atoms with van der Waals surface area (Å²) < 4.78 is 5.30. The van der Waals surface area contributed by atoms with Gasteiger partial charge in [-0.05, 0) is 24.1 Å². The zero-order valence-corrected chi connectivity index (χ0v) is 10.6. The Morgan fingerprint density at radius 1 is 1.37 bits per heavy atom. The molecule has 0 atom stereocenters. The van der Waals surface area contributed by atoms with Gasteiger partial charge in [-0.3, -0.25) is 9.59 Å². The zero-order chi connectivity index (χ0) is 14.1. The van der Waals surface area contributed by atoms with Crippen LogP contribution < -0.4 is 15.8 Å². The van der Waals surface area contributed by atoms with Gasteiger partial charge in [-0.1, -0.05) is 12.1 Å². The second-order valence-corrected chi connectivity index (χ2v) is 3.99. The van der Waals surface area contributed by atoms with Crippen LogP contribution in [0.25, 0.3) is 0 Å². The van der Waals surface area contributed by atoms with Crippen LogP contribution in [-0.4, -0.2) is 30.1 Å². The van der Waals surface area contributed by atoms with Crippen molar-refractivity contribution in [2.45, 2.75) is 19.4 Å². The lowest BCUT2D eigenvalue weighted by Crippen LogP contribution is -2.29. The number of nitrogens with one attached hydrogen (secondary N) is 1. The van der Waals surface area contributed by atoms with Crippen LogP contribution in [0.2, 0.25) is 0 Å². The first kappa shape index (κ1) is 15.0. The standard InChI is InChI=1S/C13H18N2O4/c14-8-10-3-1-4-11(7-10)19-9-12(16)15-6-2-5-13(17)18/h1,3-4,7H,2,5-6,8-9,14H2,(H,15,16)(H,17,18). The van der Waals surface area contributed by atoms with Gasteiger partial charge in [0.05, 0.1) is 0 Å². The summed E-state index contributed by atoms with van der Waals surface area (Å²) in [6, 6.07) is 7.20. The van der Waals surface area contributed by atoms with Gasteiger partial charge in [0.15, 0.2) is 6.61 Å². The van der Waals surface area contributed by atoms with Crippen molar-refractivity contribution < 1.29 is 19.4 Å². The third-order valence-corrected chi connectivity index (χ3v) is 2.39. The van der Waals surface area contributed by atoms with E-state index in [1.54, 1.807) is 12.1 Å². The molecular formula is C13H18N2O4. The molecule has 0 aliphatic rings. The molecule has 1 aromatic rings. The Morgan fingerprint density at radius 2 is 2.16 bits per heavy atom. The number of benzene rings is 1. The number of hydrogen-bond donors (Lipinski definition) is 3.